The minimum absolute atomic E-state index is 0.0299. The minimum atomic E-state index is -0.231. The van der Waals surface area contributed by atoms with Gasteiger partial charge in [0.25, 0.3) is 5.91 Å². The molecule has 0 radical (unpaired) electrons. The number of pyridine rings is 1. The van der Waals surface area contributed by atoms with E-state index in [1.54, 1.807) is 56.6 Å². The first-order valence-corrected chi connectivity index (χ1v) is 10.2. The van der Waals surface area contributed by atoms with Gasteiger partial charge in [0.15, 0.2) is 5.78 Å². The van der Waals surface area contributed by atoms with Crippen molar-refractivity contribution in [3.05, 3.63) is 59.0 Å². The molecule has 1 aromatic carbocycles. The molecule has 6 nitrogen and oxygen atoms in total. The standard InChI is InChI=1S/C20H19ClN4O2S/c1-24(2)20(27)18-17(15-6-5-13(21)8-16(15)23-18)19(26)12-10-25(28-11-12)14-4-3-7-22-9-14/h3-9,12,23H,10-11H2,1-2H3. The van der Waals surface area contributed by atoms with Crippen molar-refractivity contribution in [1.29, 1.82) is 0 Å². The number of carbonyl (C=O) groups is 2. The van der Waals surface area contributed by atoms with E-state index in [0.29, 0.717) is 34.1 Å². The SMILES string of the molecule is CN(C)C(=O)c1[nH]c2cc(Cl)ccc2c1C(=O)C1CSN(c2cccnc2)C1. The normalized spacial score (nSPS) is 16.5. The second-order valence-electron chi connectivity index (χ2n) is 6.89. The van der Waals surface area contributed by atoms with Gasteiger partial charge < -0.3 is 14.2 Å². The fraction of sp³-hybridized carbons (Fsp3) is 0.250. The van der Waals surface area contributed by atoms with Crippen molar-refractivity contribution in [2.45, 2.75) is 0 Å². The molecule has 2 aromatic heterocycles. The molecule has 3 heterocycles. The van der Waals surface area contributed by atoms with E-state index < -0.39 is 0 Å². The maximum absolute atomic E-state index is 13.5. The molecular weight excluding hydrogens is 396 g/mol. The van der Waals surface area contributed by atoms with Gasteiger partial charge in [-0.15, -0.1) is 0 Å². The number of nitrogens with one attached hydrogen (secondary N) is 1. The number of Topliss-reactive ketones (excluding diaryl/α,β-unsaturated/α-hetero) is 1. The van der Waals surface area contributed by atoms with Crippen LogP contribution in [0, 0.1) is 5.92 Å². The van der Waals surface area contributed by atoms with Crippen molar-refractivity contribution < 1.29 is 9.59 Å². The first-order valence-electron chi connectivity index (χ1n) is 8.83. The molecule has 144 valence electrons. The smallest absolute Gasteiger partial charge is 0.270 e. The van der Waals surface area contributed by atoms with Gasteiger partial charge in [0.05, 0.1) is 23.4 Å². The Morgan fingerprint density at radius 1 is 1.32 bits per heavy atom. The zero-order chi connectivity index (χ0) is 19.8. The second kappa shape index (κ2) is 7.48. The average Bonchev–Trinajstić information content (AvgIpc) is 3.32. The average molecular weight is 415 g/mol. The van der Waals surface area contributed by atoms with Crippen molar-refractivity contribution in [3.63, 3.8) is 0 Å². The zero-order valence-electron chi connectivity index (χ0n) is 15.5. The number of hydrogen-bond acceptors (Lipinski definition) is 5. The van der Waals surface area contributed by atoms with Gasteiger partial charge in [0.1, 0.15) is 5.69 Å². The molecule has 0 saturated carbocycles. The Morgan fingerprint density at radius 2 is 2.14 bits per heavy atom. The fourth-order valence-electron chi connectivity index (χ4n) is 3.34. The van der Waals surface area contributed by atoms with Crippen LogP contribution in [0.5, 0.6) is 0 Å². The van der Waals surface area contributed by atoms with Crippen LogP contribution in [0.3, 0.4) is 0 Å². The van der Waals surface area contributed by atoms with Crippen LogP contribution in [0.1, 0.15) is 20.8 Å². The van der Waals surface area contributed by atoms with E-state index in [-0.39, 0.29) is 17.6 Å². The predicted molar refractivity (Wildman–Crippen MR) is 113 cm³/mol. The van der Waals surface area contributed by atoms with Gasteiger partial charge in [0, 0.05) is 48.5 Å². The summed E-state index contributed by atoms with van der Waals surface area (Å²) < 4.78 is 2.08. The molecule has 0 spiro atoms. The molecule has 0 aliphatic carbocycles. The minimum Gasteiger partial charge on any atom is -0.350 e. The number of halogens is 1. The lowest BCUT2D eigenvalue weighted by Crippen LogP contribution is -2.27. The van der Waals surface area contributed by atoms with Crippen LogP contribution in [0.25, 0.3) is 10.9 Å². The van der Waals surface area contributed by atoms with Crippen LogP contribution in [0.2, 0.25) is 5.02 Å². The number of H-pyrrole nitrogens is 1. The Bertz CT molecular complexity index is 1050. The lowest BCUT2D eigenvalue weighted by atomic mass is 9.96. The van der Waals surface area contributed by atoms with Crippen LogP contribution < -0.4 is 4.31 Å². The van der Waals surface area contributed by atoms with Gasteiger partial charge in [-0.1, -0.05) is 17.7 Å². The Balaban J connectivity index is 1.71. The lowest BCUT2D eigenvalue weighted by Gasteiger charge is -2.16. The molecule has 1 amide bonds. The van der Waals surface area contributed by atoms with Gasteiger partial charge in [-0.3, -0.25) is 14.6 Å². The van der Waals surface area contributed by atoms with Crippen molar-refractivity contribution >= 4 is 51.8 Å². The van der Waals surface area contributed by atoms with E-state index in [1.807, 2.05) is 12.1 Å². The van der Waals surface area contributed by atoms with Crippen molar-refractivity contribution in [2.75, 3.05) is 30.7 Å². The van der Waals surface area contributed by atoms with Gasteiger partial charge in [-0.2, -0.15) is 0 Å². The first-order chi connectivity index (χ1) is 13.5. The van der Waals surface area contributed by atoms with Crippen LogP contribution in [0.4, 0.5) is 5.69 Å². The van der Waals surface area contributed by atoms with Crippen LogP contribution in [0.15, 0.2) is 42.7 Å². The molecular formula is C20H19ClN4O2S. The molecule has 1 fully saturated rings. The van der Waals surface area contributed by atoms with E-state index in [0.717, 1.165) is 11.1 Å². The van der Waals surface area contributed by atoms with E-state index in [1.165, 1.54) is 4.90 Å². The number of amides is 1. The molecule has 1 N–H and O–H groups in total. The second-order valence-corrected chi connectivity index (χ2v) is 8.36. The fourth-order valence-corrected chi connectivity index (χ4v) is 4.67. The Hall–Kier alpha value is -2.51. The largest absolute Gasteiger partial charge is 0.350 e. The number of anilines is 1. The van der Waals surface area contributed by atoms with E-state index in [4.69, 9.17) is 11.6 Å². The van der Waals surface area contributed by atoms with Gasteiger partial charge in [0.2, 0.25) is 0 Å². The molecule has 8 heteroatoms. The number of nitrogens with zero attached hydrogens (tertiary/aromatic N) is 3. The summed E-state index contributed by atoms with van der Waals surface area (Å²) in [6.45, 7) is 0.574. The number of aromatic amines is 1. The van der Waals surface area contributed by atoms with Gasteiger partial charge in [-0.25, -0.2) is 0 Å². The molecule has 1 unspecified atom stereocenters. The summed E-state index contributed by atoms with van der Waals surface area (Å²) in [7, 11) is 3.34. The van der Waals surface area contributed by atoms with Crippen LogP contribution in [-0.4, -0.2) is 53.0 Å². The molecule has 1 atom stereocenters. The number of hydrogen-bond donors (Lipinski definition) is 1. The molecule has 3 aromatic rings. The highest BCUT2D eigenvalue weighted by molar-refractivity contribution is 8.00. The number of aromatic nitrogens is 2. The summed E-state index contributed by atoms with van der Waals surface area (Å²) in [4.78, 5) is 34.9. The van der Waals surface area contributed by atoms with E-state index in [9.17, 15) is 9.59 Å². The summed E-state index contributed by atoms with van der Waals surface area (Å²) >= 11 is 7.70. The molecule has 1 aliphatic heterocycles. The van der Waals surface area contributed by atoms with E-state index >= 15 is 0 Å². The van der Waals surface area contributed by atoms with Gasteiger partial charge >= 0.3 is 0 Å². The lowest BCUT2D eigenvalue weighted by molar-refractivity contribution is 0.0813. The Labute approximate surface area is 172 Å². The number of rotatable bonds is 4. The highest BCUT2D eigenvalue weighted by atomic mass is 35.5. The quantitative estimate of drug-likeness (QED) is 0.518. The number of fused-ring (bicyclic) bond motifs is 1. The molecule has 28 heavy (non-hydrogen) atoms. The third-order valence-corrected chi connectivity index (χ3v) is 6.21. The van der Waals surface area contributed by atoms with E-state index in [2.05, 4.69) is 14.3 Å². The third-order valence-electron chi connectivity index (χ3n) is 4.75. The van der Waals surface area contributed by atoms with Gasteiger partial charge in [-0.05, 0) is 36.2 Å². The monoisotopic (exact) mass is 414 g/mol. The summed E-state index contributed by atoms with van der Waals surface area (Å²) in [6.07, 6.45) is 3.51. The summed E-state index contributed by atoms with van der Waals surface area (Å²) in [6, 6.07) is 9.13. The van der Waals surface area contributed by atoms with Crippen molar-refractivity contribution in [3.8, 4) is 0 Å². The number of benzene rings is 1. The van der Waals surface area contributed by atoms with Crippen LogP contribution in [-0.2, 0) is 0 Å². The zero-order valence-corrected chi connectivity index (χ0v) is 17.0. The molecule has 1 aliphatic rings. The maximum atomic E-state index is 13.5. The molecule has 1 saturated heterocycles. The van der Waals surface area contributed by atoms with Crippen molar-refractivity contribution in [1.82, 2.24) is 14.9 Å². The Kier molecular flexibility index (Phi) is 5.03. The van der Waals surface area contributed by atoms with Crippen LogP contribution >= 0.6 is 23.5 Å². The molecule has 0 bridgehead atoms. The highest BCUT2D eigenvalue weighted by Crippen LogP contribution is 2.35. The predicted octanol–water partition coefficient (Wildman–Crippen LogP) is 3.89. The molecule has 4 rings (SSSR count). The Morgan fingerprint density at radius 3 is 2.86 bits per heavy atom. The summed E-state index contributed by atoms with van der Waals surface area (Å²) in [5.41, 5.74) is 2.43. The number of ketones is 1. The van der Waals surface area contributed by atoms with Crippen molar-refractivity contribution in [2.24, 2.45) is 5.92 Å². The first kappa shape index (κ1) is 18.8. The third kappa shape index (κ3) is 3.36. The summed E-state index contributed by atoms with van der Waals surface area (Å²) in [5.74, 6) is 0.181. The highest BCUT2D eigenvalue weighted by Gasteiger charge is 2.34. The number of carbonyl (C=O) groups excluding carboxylic acids is 2. The summed E-state index contributed by atoms with van der Waals surface area (Å²) in [5, 5.41) is 1.28. The topological polar surface area (TPSA) is 69.3 Å². The maximum Gasteiger partial charge on any atom is 0.270 e.